The standard InChI is InChI=1S/C21H24ClN5O5.C8H8ClNO2/c1-11(2)32-21(31)27-17(19(29)30)9-12-3-6-14(7-4-12)25-18(28)13-5-8-15(22)16(10-13)26-20(23)24;1-12-8(11)5-2-3-6(9)7(10)4-5/h3-8,10-11,17H,9H2,1-2H3,(H,25,28)(H,27,31)(H,29,30)(H4,23,24,26);2-4H,10H2,1H3. The lowest BCUT2D eigenvalue weighted by molar-refractivity contribution is -0.139. The fourth-order valence-electron chi connectivity index (χ4n) is 3.42. The van der Waals surface area contributed by atoms with E-state index in [1.54, 1.807) is 50.2 Å². The van der Waals surface area contributed by atoms with Crippen LogP contribution in [-0.2, 0) is 20.7 Å². The first kappa shape index (κ1) is 35.2. The molecule has 0 heterocycles. The summed E-state index contributed by atoms with van der Waals surface area (Å²) >= 11 is 11.7. The number of nitrogens with zero attached hydrogens (tertiary/aromatic N) is 1. The fraction of sp³-hybridized carbons (Fsp3) is 0.207. The molecule has 13 nitrogen and oxygen atoms in total. The molecule has 0 saturated carbocycles. The second-order valence-corrected chi connectivity index (χ2v) is 10.1. The van der Waals surface area contributed by atoms with Crippen molar-refractivity contribution in [3.8, 4) is 0 Å². The number of amides is 2. The van der Waals surface area contributed by atoms with Crippen molar-refractivity contribution in [2.75, 3.05) is 18.2 Å². The lowest BCUT2D eigenvalue weighted by Gasteiger charge is -2.16. The number of hydrogen-bond acceptors (Lipinski definition) is 8. The number of anilines is 2. The minimum atomic E-state index is -1.19. The van der Waals surface area contributed by atoms with Crippen LogP contribution in [0.3, 0.4) is 0 Å². The van der Waals surface area contributed by atoms with Crippen molar-refractivity contribution < 1.29 is 33.8 Å². The topological polar surface area (TPSA) is 221 Å². The van der Waals surface area contributed by atoms with Crippen LogP contribution in [0.1, 0.15) is 40.1 Å². The van der Waals surface area contributed by atoms with Gasteiger partial charge in [0.1, 0.15) is 6.04 Å². The lowest BCUT2D eigenvalue weighted by Crippen LogP contribution is -2.43. The number of carboxylic acids is 1. The largest absolute Gasteiger partial charge is 0.480 e. The number of ether oxygens (including phenoxy) is 2. The predicted octanol–water partition coefficient (Wildman–Crippen LogP) is 4.34. The Labute approximate surface area is 263 Å². The van der Waals surface area contributed by atoms with E-state index in [2.05, 4.69) is 20.4 Å². The number of carboxylic acid groups (broad SMARTS) is 1. The van der Waals surface area contributed by atoms with Crippen LogP contribution in [0.5, 0.6) is 0 Å². The van der Waals surface area contributed by atoms with E-state index in [0.29, 0.717) is 27.5 Å². The molecule has 1 unspecified atom stereocenters. The first-order valence-electron chi connectivity index (χ1n) is 12.8. The van der Waals surface area contributed by atoms with Gasteiger partial charge in [-0.15, -0.1) is 0 Å². The van der Waals surface area contributed by atoms with Crippen LogP contribution in [0.2, 0.25) is 10.0 Å². The van der Waals surface area contributed by atoms with Gasteiger partial charge in [-0.05, 0) is 67.9 Å². The first-order chi connectivity index (χ1) is 20.7. The van der Waals surface area contributed by atoms with Crippen molar-refractivity contribution in [1.82, 2.24) is 5.32 Å². The van der Waals surface area contributed by atoms with Gasteiger partial charge in [0.2, 0.25) is 0 Å². The summed E-state index contributed by atoms with van der Waals surface area (Å²) in [6.07, 6.45) is -1.14. The maximum atomic E-state index is 12.5. The number of benzene rings is 3. The molecule has 0 saturated heterocycles. The van der Waals surface area contributed by atoms with Crippen molar-refractivity contribution in [3.05, 3.63) is 87.4 Å². The molecule has 3 rings (SSSR count). The molecule has 2 amide bonds. The van der Waals surface area contributed by atoms with Crippen LogP contribution in [0.25, 0.3) is 0 Å². The van der Waals surface area contributed by atoms with Gasteiger partial charge in [-0.3, -0.25) is 4.79 Å². The van der Waals surface area contributed by atoms with Crippen LogP contribution < -0.4 is 27.8 Å². The Hall–Kier alpha value is -5.01. The quantitative estimate of drug-likeness (QED) is 0.0835. The molecule has 3 aromatic carbocycles. The SMILES string of the molecule is CC(C)OC(=O)NC(Cc1ccc(NC(=O)c2ccc(Cl)c(N=C(N)N)c2)cc1)C(=O)O.COC(=O)c1ccc(Cl)c(N)c1. The van der Waals surface area contributed by atoms with Gasteiger partial charge in [-0.25, -0.2) is 19.4 Å². The lowest BCUT2D eigenvalue weighted by atomic mass is 10.1. The van der Waals surface area contributed by atoms with Crippen LogP contribution in [0.15, 0.2) is 65.7 Å². The minimum absolute atomic E-state index is 0.0375. The highest BCUT2D eigenvalue weighted by Gasteiger charge is 2.22. The van der Waals surface area contributed by atoms with Crippen LogP contribution >= 0.6 is 23.2 Å². The molecule has 9 N–H and O–H groups in total. The molecule has 234 valence electrons. The number of hydrogen-bond donors (Lipinski definition) is 6. The second kappa shape index (κ2) is 16.6. The van der Waals surface area contributed by atoms with Gasteiger partial charge in [0, 0.05) is 17.7 Å². The number of guanidine groups is 1. The maximum Gasteiger partial charge on any atom is 0.408 e. The number of nitrogen functional groups attached to an aromatic ring is 1. The van der Waals surface area contributed by atoms with Gasteiger partial charge < -0.3 is 42.4 Å². The van der Waals surface area contributed by atoms with E-state index in [4.69, 9.17) is 45.1 Å². The number of esters is 1. The number of aliphatic carboxylic acids is 1. The molecule has 0 bridgehead atoms. The summed E-state index contributed by atoms with van der Waals surface area (Å²) in [7, 11) is 1.31. The normalized spacial score (nSPS) is 10.9. The third-order valence-corrected chi connectivity index (χ3v) is 6.12. The number of carbonyl (C=O) groups excluding carboxylic acids is 3. The summed E-state index contributed by atoms with van der Waals surface area (Å²) in [6.45, 7) is 3.32. The van der Waals surface area contributed by atoms with Crippen molar-refractivity contribution in [2.45, 2.75) is 32.4 Å². The number of carbonyl (C=O) groups is 4. The zero-order valence-corrected chi connectivity index (χ0v) is 25.5. The Balaban J connectivity index is 0.000000469. The first-order valence-corrected chi connectivity index (χ1v) is 13.6. The average molecular weight is 648 g/mol. The van der Waals surface area contributed by atoms with E-state index >= 15 is 0 Å². The highest BCUT2D eigenvalue weighted by molar-refractivity contribution is 6.33. The maximum absolute atomic E-state index is 12.5. The molecule has 44 heavy (non-hydrogen) atoms. The summed E-state index contributed by atoms with van der Waals surface area (Å²) in [5, 5.41) is 15.1. The summed E-state index contributed by atoms with van der Waals surface area (Å²) in [5.41, 5.74) is 18.6. The van der Waals surface area contributed by atoms with E-state index in [-0.39, 0.29) is 34.8 Å². The number of aliphatic imine (C=N–C) groups is 1. The van der Waals surface area contributed by atoms with E-state index in [1.165, 1.54) is 31.4 Å². The van der Waals surface area contributed by atoms with Gasteiger partial charge in [-0.2, -0.15) is 0 Å². The predicted molar refractivity (Wildman–Crippen MR) is 168 cm³/mol. The molecule has 0 fully saturated rings. The zero-order valence-electron chi connectivity index (χ0n) is 24.0. The summed E-state index contributed by atoms with van der Waals surface area (Å²) < 4.78 is 9.41. The smallest absolute Gasteiger partial charge is 0.408 e. The van der Waals surface area contributed by atoms with E-state index < -0.39 is 30.0 Å². The molecule has 0 spiro atoms. The van der Waals surface area contributed by atoms with E-state index in [1.807, 2.05) is 0 Å². The third kappa shape index (κ3) is 11.3. The molecule has 1 atom stereocenters. The molecular formula is C29H32Cl2N6O7. The summed E-state index contributed by atoms with van der Waals surface area (Å²) in [6, 6.07) is 14.4. The minimum Gasteiger partial charge on any atom is -0.480 e. The van der Waals surface area contributed by atoms with Crippen molar-refractivity contribution in [1.29, 1.82) is 0 Å². The number of rotatable bonds is 9. The number of alkyl carbamates (subject to hydrolysis) is 1. The molecule has 0 aliphatic carbocycles. The van der Waals surface area contributed by atoms with Gasteiger partial charge in [0.05, 0.1) is 40.2 Å². The zero-order chi connectivity index (χ0) is 33.0. The molecular weight excluding hydrogens is 615 g/mol. The Bertz CT molecular complexity index is 1530. The highest BCUT2D eigenvalue weighted by atomic mass is 35.5. The molecule has 15 heteroatoms. The van der Waals surface area contributed by atoms with Gasteiger partial charge in [-0.1, -0.05) is 35.3 Å². The molecule has 0 aliphatic heterocycles. The second-order valence-electron chi connectivity index (χ2n) is 9.28. The molecule has 3 aromatic rings. The number of halogens is 2. The fourth-order valence-corrected chi connectivity index (χ4v) is 3.70. The van der Waals surface area contributed by atoms with Crippen LogP contribution in [0.4, 0.5) is 21.9 Å². The van der Waals surface area contributed by atoms with Crippen LogP contribution in [0, 0.1) is 0 Å². The third-order valence-electron chi connectivity index (χ3n) is 5.46. The molecule has 0 aliphatic rings. The van der Waals surface area contributed by atoms with Gasteiger partial charge in [0.25, 0.3) is 5.91 Å². The van der Waals surface area contributed by atoms with Gasteiger partial charge in [0.15, 0.2) is 5.96 Å². The number of nitrogens with one attached hydrogen (secondary N) is 2. The van der Waals surface area contributed by atoms with Gasteiger partial charge >= 0.3 is 18.0 Å². The molecule has 0 aromatic heterocycles. The van der Waals surface area contributed by atoms with Crippen molar-refractivity contribution in [3.63, 3.8) is 0 Å². The monoisotopic (exact) mass is 646 g/mol. The Kier molecular flexibility index (Phi) is 13.3. The van der Waals surface area contributed by atoms with Crippen LogP contribution in [-0.4, -0.2) is 54.3 Å². The Morgan fingerprint density at radius 1 is 0.932 bits per heavy atom. The Morgan fingerprint density at radius 2 is 1.55 bits per heavy atom. The van der Waals surface area contributed by atoms with E-state index in [0.717, 1.165) is 0 Å². The van der Waals surface area contributed by atoms with Crippen molar-refractivity contribution >= 4 is 70.2 Å². The highest BCUT2D eigenvalue weighted by Crippen LogP contribution is 2.26. The average Bonchev–Trinajstić information content (AvgIpc) is 2.95. The number of nitrogens with two attached hydrogens (primary N) is 3. The molecule has 0 radical (unpaired) electrons. The Morgan fingerprint density at radius 3 is 2.09 bits per heavy atom. The summed E-state index contributed by atoms with van der Waals surface area (Å²) in [5.74, 6) is -2.21. The number of methoxy groups -OCH3 is 1. The van der Waals surface area contributed by atoms with E-state index in [9.17, 15) is 24.3 Å². The summed E-state index contributed by atoms with van der Waals surface area (Å²) in [4.78, 5) is 50.5. The van der Waals surface area contributed by atoms with Crippen molar-refractivity contribution in [2.24, 2.45) is 16.5 Å².